The van der Waals surface area contributed by atoms with Crippen LogP contribution in [-0.2, 0) is 4.79 Å². The summed E-state index contributed by atoms with van der Waals surface area (Å²) in [5.74, 6) is 0. The lowest BCUT2D eigenvalue weighted by Gasteiger charge is -2.26. The molecule has 0 atom stereocenters. The van der Waals surface area contributed by atoms with Crippen LogP contribution in [0.4, 0.5) is 0 Å². The molecule has 0 aromatic carbocycles. The number of rotatable bonds is 6. The summed E-state index contributed by atoms with van der Waals surface area (Å²) >= 11 is 0. The van der Waals surface area contributed by atoms with Gasteiger partial charge in [-0.15, -0.1) is 0 Å². The molecular formula is C11H21NO. The number of nitrogens with zero attached hydrogens (tertiary/aromatic N) is 1. The fourth-order valence-electron chi connectivity index (χ4n) is 1.92. The Morgan fingerprint density at radius 3 is 2.46 bits per heavy atom. The van der Waals surface area contributed by atoms with E-state index in [9.17, 15) is 4.79 Å². The van der Waals surface area contributed by atoms with Gasteiger partial charge in [0.25, 0.3) is 0 Å². The van der Waals surface area contributed by atoms with Crippen LogP contribution < -0.4 is 0 Å². The number of hydrogen-bond donors (Lipinski definition) is 0. The second kappa shape index (κ2) is 7.07. The fraction of sp³-hybridized carbons (Fsp3) is 0.909. The maximum atomic E-state index is 10.1. The van der Waals surface area contributed by atoms with E-state index in [1.165, 1.54) is 51.7 Å². The Kier molecular flexibility index (Phi) is 5.83. The van der Waals surface area contributed by atoms with Crippen LogP contribution in [0.3, 0.4) is 0 Å². The maximum Gasteiger partial charge on any atom is 0.119 e. The van der Waals surface area contributed by atoms with Gasteiger partial charge in [-0.3, -0.25) is 0 Å². The van der Waals surface area contributed by atoms with Crippen molar-refractivity contribution < 1.29 is 4.79 Å². The second-order valence-electron chi connectivity index (χ2n) is 3.92. The van der Waals surface area contributed by atoms with E-state index in [0.29, 0.717) is 0 Å². The Balaban J connectivity index is 1.89. The largest absolute Gasteiger partial charge is 0.303 e. The first-order valence-corrected chi connectivity index (χ1v) is 5.59. The summed E-state index contributed by atoms with van der Waals surface area (Å²) in [6.45, 7) is 3.85. The van der Waals surface area contributed by atoms with Gasteiger partial charge in [-0.05, 0) is 45.3 Å². The van der Waals surface area contributed by atoms with Crippen LogP contribution in [0.15, 0.2) is 0 Å². The quantitative estimate of drug-likeness (QED) is 0.465. The van der Waals surface area contributed by atoms with Crippen molar-refractivity contribution in [2.75, 3.05) is 19.6 Å². The maximum absolute atomic E-state index is 10.1. The van der Waals surface area contributed by atoms with Gasteiger partial charge in [0.05, 0.1) is 0 Å². The van der Waals surface area contributed by atoms with Crippen molar-refractivity contribution in [3.63, 3.8) is 0 Å². The molecular weight excluding hydrogens is 162 g/mol. The summed E-state index contributed by atoms with van der Waals surface area (Å²) in [4.78, 5) is 12.6. The van der Waals surface area contributed by atoms with Gasteiger partial charge < -0.3 is 9.69 Å². The number of piperidine rings is 1. The molecule has 1 saturated heterocycles. The Hall–Kier alpha value is -0.370. The highest BCUT2D eigenvalue weighted by Gasteiger charge is 2.08. The highest BCUT2D eigenvalue weighted by Crippen LogP contribution is 2.09. The molecule has 0 aliphatic carbocycles. The molecule has 1 rings (SSSR count). The molecule has 1 aliphatic rings. The van der Waals surface area contributed by atoms with Gasteiger partial charge in [-0.25, -0.2) is 0 Å². The lowest BCUT2D eigenvalue weighted by Crippen LogP contribution is -2.30. The van der Waals surface area contributed by atoms with Gasteiger partial charge in [-0.2, -0.15) is 0 Å². The summed E-state index contributed by atoms with van der Waals surface area (Å²) in [5.41, 5.74) is 0. The first-order chi connectivity index (χ1) is 6.43. The Morgan fingerprint density at radius 2 is 1.77 bits per heavy atom. The zero-order valence-corrected chi connectivity index (χ0v) is 8.50. The first kappa shape index (κ1) is 10.7. The molecule has 0 N–H and O–H groups in total. The van der Waals surface area contributed by atoms with E-state index < -0.39 is 0 Å². The number of likely N-dealkylation sites (tertiary alicyclic amines) is 1. The minimum absolute atomic E-state index is 0.750. The van der Waals surface area contributed by atoms with Gasteiger partial charge in [0, 0.05) is 6.42 Å². The van der Waals surface area contributed by atoms with Crippen LogP contribution in [0, 0.1) is 0 Å². The number of aldehydes is 1. The normalized spacial score (nSPS) is 18.8. The van der Waals surface area contributed by atoms with Crippen molar-refractivity contribution in [3.8, 4) is 0 Å². The zero-order valence-electron chi connectivity index (χ0n) is 8.50. The molecule has 1 fully saturated rings. The van der Waals surface area contributed by atoms with Crippen LogP contribution in [0.2, 0.25) is 0 Å². The Labute approximate surface area is 81.3 Å². The molecule has 76 valence electrons. The van der Waals surface area contributed by atoms with E-state index in [0.717, 1.165) is 19.1 Å². The number of unbranched alkanes of at least 4 members (excludes halogenated alkanes) is 3. The third kappa shape index (κ3) is 5.04. The first-order valence-electron chi connectivity index (χ1n) is 5.59. The van der Waals surface area contributed by atoms with Crippen molar-refractivity contribution in [1.82, 2.24) is 4.90 Å². The standard InChI is InChI=1S/C11H21NO/c13-11-7-2-1-4-8-12-9-5-3-6-10-12/h11H,1-10H2. The minimum atomic E-state index is 0.750. The van der Waals surface area contributed by atoms with Crippen molar-refractivity contribution >= 4 is 6.29 Å². The highest BCUT2D eigenvalue weighted by atomic mass is 16.1. The molecule has 0 spiro atoms. The zero-order chi connectivity index (χ0) is 9.36. The third-order valence-corrected chi connectivity index (χ3v) is 2.75. The summed E-state index contributed by atoms with van der Waals surface area (Å²) in [5, 5.41) is 0. The average molecular weight is 183 g/mol. The predicted octanol–water partition coefficient (Wildman–Crippen LogP) is 2.23. The van der Waals surface area contributed by atoms with Crippen LogP contribution in [0.25, 0.3) is 0 Å². The predicted molar refractivity (Wildman–Crippen MR) is 54.8 cm³/mol. The lowest BCUT2D eigenvalue weighted by molar-refractivity contribution is -0.107. The van der Waals surface area contributed by atoms with Crippen LogP contribution >= 0.6 is 0 Å². The summed E-state index contributed by atoms with van der Waals surface area (Å²) in [7, 11) is 0. The fourth-order valence-corrected chi connectivity index (χ4v) is 1.92. The SMILES string of the molecule is O=CCCCCCN1CCCCC1. The molecule has 0 aromatic rings. The third-order valence-electron chi connectivity index (χ3n) is 2.75. The minimum Gasteiger partial charge on any atom is -0.303 e. The van der Waals surface area contributed by atoms with Gasteiger partial charge in [0.1, 0.15) is 6.29 Å². The average Bonchev–Trinajstić information content (AvgIpc) is 2.19. The van der Waals surface area contributed by atoms with E-state index in [2.05, 4.69) is 4.90 Å². The van der Waals surface area contributed by atoms with E-state index in [1.54, 1.807) is 0 Å². The highest BCUT2D eigenvalue weighted by molar-refractivity contribution is 5.48. The van der Waals surface area contributed by atoms with Crippen LogP contribution in [0.1, 0.15) is 44.9 Å². The monoisotopic (exact) mass is 183 g/mol. The van der Waals surface area contributed by atoms with Crippen molar-refractivity contribution in [3.05, 3.63) is 0 Å². The van der Waals surface area contributed by atoms with E-state index >= 15 is 0 Å². The van der Waals surface area contributed by atoms with Crippen LogP contribution in [0.5, 0.6) is 0 Å². The molecule has 1 aliphatic heterocycles. The number of hydrogen-bond acceptors (Lipinski definition) is 2. The van der Waals surface area contributed by atoms with Crippen LogP contribution in [-0.4, -0.2) is 30.8 Å². The Bertz CT molecular complexity index is 130. The van der Waals surface area contributed by atoms with Gasteiger partial charge in [-0.1, -0.05) is 12.8 Å². The molecule has 2 nitrogen and oxygen atoms in total. The molecule has 0 bridgehead atoms. The summed E-state index contributed by atoms with van der Waals surface area (Å²) in [6.07, 6.45) is 9.53. The smallest absolute Gasteiger partial charge is 0.119 e. The Morgan fingerprint density at radius 1 is 1.00 bits per heavy atom. The second-order valence-corrected chi connectivity index (χ2v) is 3.92. The van der Waals surface area contributed by atoms with Gasteiger partial charge in [0.2, 0.25) is 0 Å². The van der Waals surface area contributed by atoms with Gasteiger partial charge >= 0.3 is 0 Å². The molecule has 13 heavy (non-hydrogen) atoms. The summed E-state index contributed by atoms with van der Waals surface area (Å²) < 4.78 is 0. The van der Waals surface area contributed by atoms with Crippen molar-refractivity contribution in [2.45, 2.75) is 44.9 Å². The molecule has 0 saturated carbocycles. The molecule has 2 heteroatoms. The van der Waals surface area contributed by atoms with E-state index in [4.69, 9.17) is 0 Å². The molecule has 1 heterocycles. The van der Waals surface area contributed by atoms with Crippen molar-refractivity contribution in [2.24, 2.45) is 0 Å². The molecule has 0 aromatic heterocycles. The topological polar surface area (TPSA) is 20.3 Å². The number of carbonyl (C=O) groups excluding carboxylic acids is 1. The van der Waals surface area contributed by atoms with Crippen molar-refractivity contribution in [1.29, 1.82) is 0 Å². The number of carbonyl (C=O) groups is 1. The lowest BCUT2D eigenvalue weighted by atomic mass is 10.1. The molecule has 0 amide bonds. The molecule has 0 unspecified atom stereocenters. The van der Waals surface area contributed by atoms with E-state index in [1.807, 2.05) is 0 Å². The van der Waals surface area contributed by atoms with E-state index in [-0.39, 0.29) is 0 Å². The molecule has 0 radical (unpaired) electrons. The summed E-state index contributed by atoms with van der Waals surface area (Å²) in [6, 6.07) is 0. The van der Waals surface area contributed by atoms with Gasteiger partial charge in [0.15, 0.2) is 0 Å².